The van der Waals surface area contributed by atoms with Crippen molar-refractivity contribution in [3.8, 4) is 0 Å². The fourth-order valence-electron chi connectivity index (χ4n) is 2.12. The molecule has 0 aromatic carbocycles. The van der Waals surface area contributed by atoms with Crippen molar-refractivity contribution in [2.45, 2.75) is 24.3 Å². The molecule has 0 aliphatic carbocycles. The van der Waals surface area contributed by atoms with Crippen molar-refractivity contribution in [2.75, 3.05) is 26.8 Å². The highest BCUT2D eigenvalue weighted by atomic mass is 79.9. The SMILES string of the molecule is CNCc1cc(S(=O)(=O)NCC2CCCOC2)c(Br)s1. The van der Waals surface area contributed by atoms with E-state index >= 15 is 0 Å². The first kappa shape index (κ1) is 16.4. The second kappa shape index (κ2) is 7.33. The van der Waals surface area contributed by atoms with Crippen molar-refractivity contribution in [1.82, 2.24) is 10.0 Å². The molecule has 0 bridgehead atoms. The normalized spacial score (nSPS) is 20.2. The van der Waals surface area contributed by atoms with E-state index < -0.39 is 10.0 Å². The van der Waals surface area contributed by atoms with E-state index in [1.165, 1.54) is 11.3 Å². The zero-order chi connectivity index (χ0) is 14.6. The van der Waals surface area contributed by atoms with Gasteiger partial charge in [0.25, 0.3) is 0 Å². The Morgan fingerprint density at radius 1 is 1.55 bits per heavy atom. The van der Waals surface area contributed by atoms with E-state index in [-0.39, 0.29) is 5.92 Å². The Morgan fingerprint density at radius 2 is 2.35 bits per heavy atom. The third kappa shape index (κ3) is 4.25. The third-order valence-electron chi connectivity index (χ3n) is 3.16. The largest absolute Gasteiger partial charge is 0.381 e. The van der Waals surface area contributed by atoms with Crippen molar-refractivity contribution in [3.63, 3.8) is 0 Å². The number of rotatable bonds is 6. The summed E-state index contributed by atoms with van der Waals surface area (Å²) in [6.45, 7) is 2.52. The first-order valence-electron chi connectivity index (χ1n) is 6.53. The maximum absolute atomic E-state index is 12.3. The molecule has 1 saturated heterocycles. The van der Waals surface area contributed by atoms with Gasteiger partial charge >= 0.3 is 0 Å². The second-order valence-corrected chi connectivity index (χ2v) is 9.01. The van der Waals surface area contributed by atoms with Crippen LogP contribution in [0.1, 0.15) is 17.7 Å². The van der Waals surface area contributed by atoms with Crippen molar-refractivity contribution in [1.29, 1.82) is 0 Å². The van der Waals surface area contributed by atoms with Crippen molar-refractivity contribution >= 4 is 37.3 Å². The molecule has 5 nitrogen and oxygen atoms in total. The highest BCUT2D eigenvalue weighted by molar-refractivity contribution is 9.11. The first-order valence-corrected chi connectivity index (χ1v) is 9.62. The van der Waals surface area contributed by atoms with Gasteiger partial charge in [-0.2, -0.15) is 0 Å². The average molecular weight is 383 g/mol. The Morgan fingerprint density at radius 3 is 3.00 bits per heavy atom. The van der Waals surface area contributed by atoms with Crippen LogP contribution in [0.25, 0.3) is 0 Å². The predicted octanol–water partition coefficient (Wildman–Crippen LogP) is 1.93. The number of thiophene rings is 1. The molecule has 114 valence electrons. The molecule has 0 saturated carbocycles. The molecule has 2 N–H and O–H groups in total. The first-order chi connectivity index (χ1) is 9.53. The minimum atomic E-state index is -3.46. The maximum Gasteiger partial charge on any atom is 0.242 e. The molecule has 0 radical (unpaired) electrons. The van der Waals surface area contributed by atoms with Gasteiger partial charge in [-0.05, 0) is 47.8 Å². The Labute approximate surface area is 132 Å². The van der Waals surface area contributed by atoms with Gasteiger partial charge in [0.05, 0.1) is 10.4 Å². The smallest absolute Gasteiger partial charge is 0.242 e. The van der Waals surface area contributed by atoms with Crippen molar-refractivity contribution in [2.24, 2.45) is 5.92 Å². The number of hydrogen-bond acceptors (Lipinski definition) is 5. The number of ether oxygens (including phenoxy) is 1. The van der Waals surface area contributed by atoms with Gasteiger partial charge < -0.3 is 10.1 Å². The quantitative estimate of drug-likeness (QED) is 0.788. The lowest BCUT2D eigenvalue weighted by atomic mass is 10.0. The minimum Gasteiger partial charge on any atom is -0.381 e. The summed E-state index contributed by atoms with van der Waals surface area (Å²) in [6, 6.07) is 1.71. The van der Waals surface area contributed by atoms with Gasteiger partial charge in [-0.3, -0.25) is 0 Å². The van der Waals surface area contributed by atoms with Crippen LogP contribution in [0.5, 0.6) is 0 Å². The van der Waals surface area contributed by atoms with Crippen LogP contribution < -0.4 is 10.0 Å². The molecule has 1 atom stereocenters. The van der Waals surface area contributed by atoms with Crippen LogP contribution in [0.3, 0.4) is 0 Å². The van der Waals surface area contributed by atoms with E-state index in [9.17, 15) is 8.42 Å². The topological polar surface area (TPSA) is 67.4 Å². The Bertz CT molecular complexity index is 539. The van der Waals surface area contributed by atoms with Crippen LogP contribution in [0.15, 0.2) is 14.7 Å². The van der Waals surface area contributed by atoms with Crippen molar-refractivity contribution < 1.29 is 13.2 Å². The predicted molar refractivity (Wildman–Crippen MR) is 83.5 cm³/mol. The highest BCUT2D eigenvalue weighted by Gasteiger charge is 2.23. The van der Waals surface area contributed by atoms with Crippen LogP contribution in [0.2, 0.25) is 0 Å². The molecule has 1 aliphatic rings. The Hall–Kier alpha value is 0.01000. The third-order valence-corrected chi connectivity index (χ3v) is 6.84. The van der Waals surface area contributed by atoms with Gasteiger partial charge in [0.1, 0.15) is 4.90 Å². The van der Waals surface area contributed by atoms with Crippen LogP contribution in [0, 0.1) is 5.92 Å². The van der Waals surface area contributed by atoms with E-state index in [1.807, 2.05) is 7.05 Å². The number of hydrogen-bond donors (Lipinski definition) is 2. The van der Waals surface area contributed by atoms with E-state index in [0.29, 0.717) is 28.4 Å². The van der Waals surface area contributed by atoms with Crippen molar-refractivity contribution in [3.05, 3.63) is 14.7 Å². The van der Waals surface area contributed by atoms with Crippen LogP contribution in [0.4, 0.5) is 0 Å². The van der Waals surface area contributed by atoms with E-state index in [4.69, 9.17) is 4.74 Å². The Kier molecular flexibility index (Phi) is 6.00. The lowest BCUT2D eigenvalue weighted by Gasteiger charge is -2.22. The number of sulfonamides is 1. The van der Waals surface area contributed by atoms with Crippen LogP contribution >= 0.6 is 27.3 Å². The fraction of sp³-hybridized carbons (Fsp3) is 0.667. The zero-order valence-corrected chi connectivity index (χ0v) is 14.5. The molecule has 1 unspecified atom stereocenters. The minimum absolute atomic E-state index is 0.271. The van der Waals surface area contributed by atoms with Gasteiger partial charge in [0.15, 0.2) is 0 Å². The average Bonchev–Trinajstić information content (AvgIpc) is 2.80. The standard InChI is InChI=1S/C12H19BrN2O3S2/c1-14-7-10-5-11(12(13)19-10)20(16,17)15-6-9-3-2-4-18-8-9/h5,9,14-15H,2-4,6-8H2,1H3. The lowest BCUT2D eigenvalue weighted by Crippen LogP contribution is -2.33. The number of nitrogens with one attached hydrogen (secondary N) is 2. The summed E-state index contributed by atoms with van der Waals surface area (Å²) in [4.78, 5) is 1.31. The van der Waals surface area contributed by atoms with Gasteiger partial charge in [0, 0.05) is 24.6 Å². The van der Waals surface area contributed by atoms with E-state index in [2.05, 4.69) is 26.0 Å². The zero-order valence-electron chi connectivity index (χ0n) is 11.3. The summed E-state index contributed by atoms with van der Waals surface area (Å²) in [5.41, 5.74) is 0. The molecular formula is C12H19BrN2O3S2. The van der Waals surface area contributed by atoms with Gasteiger partial charge in [0.2, 0.25) is 10.0 Å². The molecule has 1 fully saturated rings. The summed E-state index contributed by atoms with van der Waals surface area (Å²) >= 11 is 4.77. The molecular weight excluding hydrogens is 364 g/mol. The maximum atomic E-state index is 12.3. The van der Waals surface area contributed by atoms with Gasteiger partial charge in [-0.25, -0.2) is 13.1 Å². The van der Waals surface area contributed by atoms with Gasteiger partial charge in [-0.1, -0.05) is 0 Å². The monoisotopic (exact) mass is 382 g/mol. The molecule has 0 amide bonds. The molecule has 8 heteroatoms. The lowest BCUT2D eigenvalue weighted by molar-refractivity contribution is 0.0568. The summed E-state index contributed by atoms with van der Waals surface area (Å²) in [6.07, 6.45) is 2.01. The van der Waals surface area contributed by atoms with Gasteiger partial charge in [-0.15, -0.1) is 11.3 Å². The molecule has 20 heavy (non-hydrogen) atoms. The van der Waals surface area contributed by atoms with Crippen LogP contribution in [-0.4, -0.2) is 35.2 Å². The fourth-order valence-corrected chi connectivity index (χ4v) is 5.92. The molecule has 1 aromatic heterocycles. The molecule has 1 aliphatic heterocycles. The summed E-state index contributed by atoms with van der Waals surface area (Å²) in [7, 11) is -1.62. The molecule has 2 rings (SSSR count). The molecule has 1 aromatic rings. The second-order valence-electron chi connectivity index (χ2n) is 4.82. The number of halogens is 1. The molecule has 2 heterocycles. The van der Waals surface area contributed by atoms with E-state index in [0.717, 1.165) is 24.3 Å². The van der Waals surface area contributed by atoms with E-state index in [1.54, 1.807) is 6.07 Å². The van der Waals surface area contributed by atoms with Crippen LogP contribution in [-0.2, 0) is 21.3 Å². The summed E-state index contributed by atoms with van der Waals surface area (Å²) in [5, 5.41) is 3.02. The summed E-state index contributed by atoms with van der Waals surface area (Å²) in [5.74, 6) is 0.271. The summed E-state index contributed by atoms with van der Waals surface area (Å²) < 4.78 is 33.3. The Balaban J connectivity index is 2.01. The molecule has 0 spiro atoms. The highest BCUT2D eigenvalue weighted by Crippen LogP contribution is 2.31.